The van der Waals surface area contributed by atoms with Crippen LogP contribution < -0.4 is 0 Å². The fourth-order valence-corrected chi connectivity index (χ4v) is 2.08. The van der Waals surface area contributed by atoms with E-state index in [1.807, 2.05) is 37.3 Å². The molecule has 0 saturated heterocycles. The number of hydrogen-bond acceptors (Lipinski definition) is 3. The van der Waals surface area contributed by atoms with Crippen molar-refractivity contribution in [2.75, 3.05) is 13.1 Å². The molecule has 118 valence electrons. The molecule has 1 heterocycles. The lowest BCUT2D eigenvalue weighted by atomic mass is 10.2. The molecule has 0 atom stereocenters. The van der Waals surface area contributed by atoms with Crippen LogP contribution in [0, 0.1) is 24.7 Å². The lowest BCUT2D eigenvalue weighted by Crippen LogP contribution is -2.35. The summed E-state index contributed by atoms with van der Waals surface area (Å²) in [5, 5.41) is 0. The molecule has 2 aromatic rings. The van der Waals surface area contributed by atoms with E-state index in [1.54, 1.807) is 11.1 Å². The zero-order valence-electron chi connectivity index (χ0n) is 13.8. The van der Waals surface area contributed by atoms with Crippen LogP contribution in [0.15, 0.2) is 42.7 Å². The lowest BCUT2D eigenvalue weighted by Gasteiger charge is -2.21. The Balaban J connectivity index is 2.12. The number of benzene rings is 1. The standard InChI is InChI=1S/C19H21N3O/c1-15(2)14-22(11-7-10-17-8-5-4-6-9-17)19(23)18-13-20-16(3)12-21-18/h4-6,8-9,12-13,15H,11,14H2,1-3H3. The molecule has 0 unspecified atom stereocenters. The summed E-state index contributed by atoms with van der Waals surface area (Å²) in [5.74, 6) is 6.39. The zero-order valence-corrected chi connectivity index (χ0v) is 13.8. The Bertz CT molecular complexity index is 697. The largest absolute Gasteiger partial charge is 0.326 e. The summed E-state index contributed by atoms with van der Waals surface area (Å²) in [5.41, 5.74) is 2.10. The van der Waals surface area contributed by atoms with Crippen molar-refractivity contribution in [2.24, 2.45) is 5.92 Å². The van der Waals surface area contributed by atoms with Gasteiger partial charge in [0, 0.05) is 18.3 Å². The smallest absolute Gasteiger partial charge is 0.274 e. The van der Waals surface area contributed by atoms with Gasteiger partial charge in [0.25, 0.3) is 5.91 Å². The Hall–Kier alpha value is -2.67. The fraction of sp³-hybridized carbons (Fsp3) is 0.316. The number of aromatic nitrogens is 2. The third-order valence-electron chi connectivity index (χ3n) is 3.15. The minimum Gasteiger partial charge on any atom is -0.326 e. The van der Waals surface area contributed by atoms with Crippen molar-refractivity contribution in [3.05, 3.63) is 59.7 Å². The van der Waals surface area contributed by atoms with Gasteiger partial charge in [-0.15, -0.1) is 0 Å². The molecular formula is C19H21N3O. The second-order valence-corrected chi connectivity index (χ2v) is 5.79. The van der Waals surface area contributed by atoms with E-state index in [0.29, 0.717) is 24.7 Å². The summed E-state index contributed by atoms with van der Waals surface area (Å²) in [6.07, 6.45) is 3.13. The van der Waals surface area contributed by atoms with Gasteiger partial charge in [0.05, 0.1) is 18.4 Å². The van der Waals surface area contributed by atoms with Crippen LogP contribution in [-0.2, 0) is 0 Å². The highest BCUT2D eigenvalue weighted by atomic mass is 16.2. The normalized spacial score (nSPS) is 10.1. The van der Waals surface area contributed by atoms with Gasteiger partial charge in [0.15, 0.2) is 0 Å². The molecule has 4 nitrogen and oxygen atoms in total. The van der Waals surface area contributed by atoms with Gasteiger partial charge in [-0.3, -0.25) is 9.78 Å². The third-order valence-corrected chi connectivity index (χ3v) is 3.15. The molecular weight excluding hydrogens is 286 g/mol. The Morgan fingerprint density at radius 3 is 2.52 bits per heavy atom. The molecule has 0 saturated carbocycles. The third kappa shape index (κ3) is 5.23. The number of nitrogens with zero attached hydrogens (tertiary/aromatic N) is 3. The SMILES string of the molecule is Cc1cnc(C(=O)N(CC#Cc2ccccc2)CC(C)C)cn1. The zero-order chi connectivity index (χ0) is 16.7. The topological polar surface area (TPSA) is 46.1 Å². The molecule has 0 spiro atoms. The summed E-state index contributed by atoms with van der Waals surface area (Å²) < 4.78 is 0. The van der Waals surface area contributed by atoms with Gasteiger partial charge in [-0.2, -0.15) is 0 Å². The van der Waals surface area contributed by atoms with E-state index < -0.39 is 0 Å². The van der Waals surface area contributed by atoms with E-state index in [4.69, 9.17) is 0 Å². The molecule has 0 radical (unpaired) electrons. The summed E-state index contributed by atoms with van der Waals surface area (Å²) in [6, 6.07) is 9.75. The predicted octanol–water partition coefficient (Wildman–Crippen LogP) is 2.93. The summed E-state index contributed by atoms with van der Waals surface area (Å²) in [7, 11) is 0. The Kier molecular flexibility index (Phi) is 5.87. The summed E-state index contributed by atoms with van der Waals surface area (Å²) >= 11 is 0. The maximum atomic E-state index is 12.6. The molecule has 0 aliphatic heterocycles. The lowest BCUT2D eigenvalue weighted by molar-refractivity contribution is 0.0753. The predicted molar refractivity (Wildman–Crippen MR) is 90.8 cm³/mol. The number of amides is 1. The van der Waals surface area contributed by atoms with Crippen molar-refractivity contribution in [1.82, 2.24) is 14.9 Å². The van der Waals surface area contributed by atoms with Gasteiger partial charge in [-0.05, 0) is 25.0 Å². The fourth-order valence-electron chi connectivity index (χ4n) is 2.08. The second kappa shape index (κ2) is 8.09. The molecule has 0 aliphatic rings. The average Bonchev–Trinajstić information content (AvgIpc) is 2.54. The maximum absolute atomic E-state index is 12.6. The molecule has 0 fully saturated rings. The number of aryl methyl sites for hydroxylation is 1. The van der Waals surface area contributed by atoms with Crippen LogP contribution in [-0.4, -0.2) is 33.9 Å². The minimum absolute atomic E-state index is 0.131. The van der Waals surface area contributed by atoms with E-state index in [0.717, 1.165) is 11.3 Å². The number of carbonyl (C=O) groups is 1. The number of carbonyl (C=O) groups excluding carboxylic acids is 1. The highest BCUT2D eigenvalue weighted by molar-refractivity contribution is 5.92. The van der Waals surface area contributed by atoms with Crippen molar-refractivity contribution in [3.8, 4) is 11.8 Å². The molecule has 23 heavy (non-hydrogen) atoms. The molecule has 0 aliphatic carbocycles. The highest BCUT2D eigenvalue weighted by Crippen LogP contribution is 2.05. The molecule has 4 heteroatoms. The van der Waals surface area contributed by atoms with Gasteiger partial charge in [0.1, 0.15) is 5.69 Å². The quantitative estimate of drug-likeness (QED) is 0.816. The van der Waals surface area contributed by atoms with Crippen LogP contribution in [0.2, 0.25) is 0 Å². The first-order valence-corrected chi connectivity index (χ1v) is 7.68. The second-order valence-electron chi connectivity index (χ2n) is 5.79. The van der Waals surface area contributed by atoms with Gasteiger partial charge < -0.3 is 4.90 Å². The first-order chi connectivity index (χ1) is 11.1. The van der Waals surface area contributed by atoms with Crippen LogP contribution >= 0.6 is 0 Å². The Morgan fingerprint density at radius 2 is 1.91 bits per heavy atom. The van der Waals surface area contributed by atoms with Crippen LogP contribution in [0.5, 0.6) is 0 Å². The van der Waals surface area contributed by atoms with Crippen LogP contribution in [0.3, 0.4) is 0 Å². The molecule has 0 bridgehead atoms. The Morgan fingerprint density at radius 1 is 1.17 bits per heavy atom. The van der Waals surface area contributed by atoms with E-state index in [1.165, 1.54) is 6.20 Å². The first kappa shape index (κ1) is 16.7. The first-order valence-electron chi connectivity index (χ1n) is 7.68. The van der Waals surface area contributed by atoms with E-state index in [-0.39, 0.29) is 5.91 Å². The van der Waals surface area contributed by atoms with Crippen molar-refractivity contribution in [1.29, 1.82) is 0 Å². The Labute approximate surface area is 137 Å². The summed E-state index contributed by atoms with van der Waals surface area (Å²) in [6.45, 7) is 7.01. The molecule has 0 N–H and O–H groups in total. The molecule has 1 amide bonds. The van der Waals surface area contributed by atoms with E-state index in [9.17, 15) is 4.79 Å². The van der Waals surface area contributed by atoms with Crippen molar-refractivity contribution >= 4 is 5.91 Å². The number of rotatable bonds is 4. The van der Waals surface area contributed by atoms with Crippen LogP contribution in [0.25, 0.3) is 0 Å². The van der Waals surface area contributed by atoms with Gasteiger partial charge >= 0.3 is 0 Å². The minimum atomic E-state index is -0.131. The van der Waals surface area contributed by atoms with Crippen molar-refractivity contribution < 1.29 is 4.79 Å². The van der Waals surface area contributed by atoms with Crippen molar-refractivity contribution in [2.45, 2.75) is 20.8 Å². The molecule has 1 aromatic carbocycles. The molecule has 2 rings (SSSR count). The molecule has 1 aromatic heterocycles. The highest BCUT2D eigenvalue weighted by Gasteiger charge is 2.17. The maximum Gasteiger partial charge on any atom is 0.274 e. The van der Waals surface area contributed by atoms with Crippen molar-refractivity contribution in [3.63, 3.8) is 0 Å². The number of hydrogen-bond donors (Lipinski definition) is 0. The van der Waals surface area contributed by atoms with E-state index >= 15 is 0 Å². The van der Waals surface area contributed by atoms with Crippen LogP contribution in [0.4, 0.5) is 0 Å². The monoisotopic (exact) mass is 307 g/mol. The van der Waals surface area contributed by atoms with E-state index in [2.05, 4.69) is 35.7 Å². The summed E-state index contributed by atoms with van der Waals surface area (Å²) in [4.78, 5) is 22.6. The average molecular weight is 307 g/mol. The van der Waals surface area contributed by atoms with Gasteiger partial charge in [0.2, 0.25) is 0 Å². The van der Waals surface area contributed by atoms with Crippen LogP contribution in [0.1, 0.15) is 35.6 Å². The van der Waals surface area contributed by atoms with Gasteiger partial charge in [-0.25, -0.2) is 4.98 Å². The van der Waals surface area contributed by atoms with Gasteiger partial charge in [-0.1, -0.05) is 43.9 Å².